The van der Waals surface area contributed by atoms with Crippen LogP contribution in [-0.4, -0.2) is 35.3 Å². The first-order valence-electron chi connectivity index (χ1n) is 13.6. The molecular weight excluding hydrogens is 434 g/mol. The van der Waals surface area contributed by atoms with Crippen LogP contribution in [0.1, 0.15) is 86.5 Å². The van der Waals surface area contributed by atoms with Crippen molar-refractivity contribution in [3.63, 3.8) is 0 Å². The zero-order valence-electron chi connectivity index (χ0n) is 22.8. The number of nitrogens with zero attached hydrogens (tertiary/aromatic N) is 1. The fourth-order valence-electron chi connectivity index (χ4n) is 8.94. The third-order valence-corrected chi connectivity index (χ3v) is 11.3. The summed E-state index contributed by atoms with van der Waals surface area (Å²) in [5.74, 6) is 1.05. The molecule has 35 heavy (non-hydrogen) atoms. The number of aliphatic hydroxyl groups excluding tert-OH is 1. The van der Waals surface area contributed by atoms with Crippen LogP contribution in [0, 0.1) is 33.5 Å². The number of rotatable bonds is 2. The topological polar surface area (TPSA) is 57.6 Å². The fourth-order valence-corrected chi connectivity index (χ4v) is 8.94. The number of carbonyl (C=O) groups is 2. The van der Waals surface area contributed by atoms with Crippen molar-refractivity contribution in [2.45, 2.75) is 86.5 Å². The first-order valence-corrected chi connectivity index (χ1v) is 13.6. The number of hydrogen-bond acceptors (Lipinski definition) is 3. The highest BCUT2D eigenvalue weighted by molar-refractivity contribution is 6.06. The lowest BCUT2D eigenvalue weighted by Gasteiger charge is -2.65. The van der Waals surface area contributed by atoms with Gasteiger partial charge in [0.1, 0.15) is 0 Å². The Morgan fingerprint density at radius 1 is 1.06 bits per heavy atom. The second kappa shape index (κ2) is 7.70. The molecule has 4 nitrogen and oxygen atoms in total. The van der Waals surface area contributed by atoms with Crippen molar-refractivity contribution in [3.05, 3.63) is 46.3 Å². The molecule has 3 saturated carbocycles. The average Bonchev–Trinajstić information content (AvgIpc) is 2.78. The number of carbonyl (C=O) groups excluding carboxylic acids is 2. The molecule has 0 heterocycles. The molecule has 0 aromatic carbocycles. The van der Waals surface area contributed by atoms with Gasteiger partial charge in [-0.15, -0.1) is 0 Å². The summed E-state index contributed by atoms with van der Waals surface area (Å²) in [5.41, 5.74) is 4.83. The van der Waals surface area contributed by atoms with Crippen molar-refractivity contribution in [2.75, 3.05) is 13.6 Å². The minimum Gasteiger partial charge on any atom is -0.504 e. The maximum Gasteiger partial charge on any atom is 0.220 e. The summed E-state index contributed by atoms with van der Waals surface area (Å²) in [6, 6.07) is 0. The van der Waals surface area contributed by atoms with E-state index in [9.17, 15) is 14.7 Å². The smallest absolute Gasteiger partial charge is 0.220 e. The summed E-state index contributed by atoms with van der Waals surface area (Å²) in [4.78, 5) is 26.6. The summed E-state index contributed by atoms with van der Waals surface area (Å²) in [5, 5.41) is 10.3. The molecule has 0 radical (unpaired) electrons. The third kappa shape index (κ3) is 3.45. The van der Waals surface area contributed by atoms with E-state index in [1.165, 1.54) is 37.7 Å². The van der Waals surface area contributed by atoms with Gasteiger partial charge in [0.25, 0.3) is 0 Å². The molecule has 0 bridgehead atoms. The van der Waals surface area contributed by atoms with Gasteiger partial charge in [0.15, 0.2) is 5.76 Å². The van der Waals surface area contributed by atoms with E-state index >= 15 is 0 Å². The number of aliphatic hydroxyl groups is 1. The number of fused-ring (bicyclic) bond motifs is 7. The zero-order chi connectivity index (χ0) is 25.6. The lowest BCUT2D eigenvalue weighted by Crippen LogP contribution is -2.57. The van der Waals surface area contributed by atoms with Crippen LogP contribution in [-0.2, 0) is 9.59 Å². The molecule has 4 heteroatoms. The average molecular weight is 478 g/mol. The Labute approximate surface area is 211 Å². The van der Waals surface area contributed by atoms with Crippen LogP contribution in [0.4, 0.5) is 0 Å². The standard InChI is InChI=1S/C31H43NO3/c1-19-21-8-9-26-30(5,23(21)16-25(34)27(19)35)11-10-22-24-17-28(3,18-32(7)20(2)33)12-13-29(24,4)14-15-31(22,26)6/h8-9,16,22,24,35H,10-15,17-18H2,1-7H3/t22?,24?,28-,29?,30?,31?/m1/s1. The van der Waals surface area contributed by atoms with Crippen LogP contribution in [0.2, 0.25) is 0 Å². The van der Waals surface area contributed by atoms with E-state index in [4.69, 9.17) is 0 Å². The Balaban J connectivity index is 1.53. The number of allylic oxidation sites excluding steroid dienone is 7. The molecule has 0 aromatic heterocycles. The van der Waals surface area contributed by atoms with E-state index < -0.39 is 0 Å². The van der Waals surface area contributed by atoms with E-state index in [0.717, 1.165) is 30.5 Å². The van der Waals surface area contributed by atoms with Gasteiger partial charge in [0.05, 0.1) is 0 Å². The second-order valence-electron chi connectivity index (χ2n) is 13.6. The van der Waals surface area contributed by atoms with Gasteiger partial charge in [0, 0.05) is 31.5 Å². The van der Waals surface area contributed by atoms with Gasteiger partial charge in [-0.1, -0.05) is 45.4 Å². The van der Waals surface area contributed by atoms with Crippen LogP contribution >= 0.6 is 0 Å². The van der Waals surface area contributed by atoms with Crippen molar-refractivity contribution in [3.8, 4) is 0 Å². The number of ketones is 1. The molecule has 0 saturated heterocycles. The molecule has 3 fully saturated rings. The van der Waals surface area contributed by atoms with Crippen molar-refractivity contribution in [2.24, 2.45) is 33.5 Å². The van der Waals surface area contributed by atoms with Crippen LogP contribution in [0.15, 0.2) is 46.3 Å². The molecule has 5 unspecified atom stereocenters. The predicted octanol–water partition coefficient (Wildman–Crippen LogP) is 6.70. The van der Waals surface area contributed by atoms with Crippen molar-refractivity contribution in [1.82, 2.24) is 4.90 Å². The monoisotopic (exact) mass is 477 g/mol. The molecule has 1 N–H and O–H groups in total. The van der Waals surface area contributed by atoms with Crippen LogP contribution in [0.25, 0.3) is 0 Å². The summed E-state index contributed by atoms with van der Waals surface area (Å²) < 4.78 is 0. The minimum atomic E-state index is -0.252. The van der Waals surface area contributed by atoms with Crippen LogP contribution in [0.5, 0.6) is 0 Å². The Morgan fingerprint density at radius 2 is 1.74 bits per heavy atom. The lowest BCUT2D eigenvalue weighted by atomic mass is 9.39. The van der Waals surface area contributed by atoms with Crippen molar-refractivity contribution < 1.29 is 14.7 Å². The normalized spacial score (nSPS) is 42.6. The molecule has 5 aliphatic rings. The minimum absolute atomic E-state index is 0.102. The van der Waals surface area contributed by atoms with Gasteiger partial charge >= 0.3 is 0 Å². The largest absolute Gasteiger partial charge is 0.504 e. The van der Waals surface area contributed by atoms with Crippen LogP contribution < -0.4 is 0 Å². The highest BCUT2D eigenvalue weighted by Gasteiger charge is 2.61. The molecule has 0 aromatic rings. The first-order chi connectivity index (χ1) is 16.2. The summed E-state index contributed by atoms with van der Waals surface area (Å²) >= 11 is 0. The Morgan fingerprint density at radius 3 is 2.43 bits per heavy atom. The molecule has 5 rings (SSSR count). The molecule has 0 spiro atoms. The Hall–Kier alpha value is -2.10. The van der Waals surface area contributed by atoms with Crippen molar-refractivity contribution >= 4 is 11.7 Å². The SMILES string of the molecule is CC(=O)N(C)C[C@]1(C)CCC2(C)CCC3(C)C4=CC=C5C(=CC(=O)C(O)=C5C)C4(C)CCC3C2C1. The molecule has 5 aliphatic carbocycles. The predicted molar refractivity (Wildman–Crippen MR) is 140 cm³/mol. The summed E-state index contributed by atoms with van der Waals surface area (Å²) in [6.45, 7) is 14.2. The third-order valence-electron chi connectivity index (χ3n) is 11.3. The fraction of sp³-hybridized carbons (Fsp3) is 0.677. The van der Waals surface area contributed by atoms with Crippen molar-refractivity contribution in [1.29, 1.82) is 0 Å². The number of amides is 1. The zero-order valence-corrected chi connectivity index (χ0v) is 22.8. The van der Waals surface area contributed by atoms with E-state index in [1.807, 2.05) is 18.9 Å². The number of hydrogen-bond donors (Lipinski definition) is 1. The van der Waals surface area contributed by atoms with Gasteiger partial charge in [0.2, 0.25) is 11.7 Å². The molecular formula is C31H43NO3. The van der Waals surface area contributed by atoms with Gasteiger partial charge in [-0.3, -0.25) is 9.59 Å². The molecule has 0 aliphatic heterocycles. The molecule has 1 amide bonds. The van der Waals surface area contributed by atoms with Gasteiger partial charge < -0.3 is 10.0 Å². The first kappa shape index (κ1) is 24.6. The molecule has 6 atom stereocenters. The van der Waals surface area contributed by atoms with E-state index in [1.54, 1.807) is 13.0 Å². The van der Waals surface area contributed by atoms with Gasteiger partial charge in [-0.05, 0) is 97.2 Å². The quantitative estimate of drug-likeness (QED) is 0.481. The maximum absolute atomic E-state index is 12.6. The highest BCUT2D eigenvalue weighted by atomic mass is 16.3. The lowest BCUT2D eigenvalue weighted by molar-refractivity contribution is -0.133. The second-order valence-corrected chi connectivity index (χ2v) is 13.6. The summed E-state index contributed by atoms with van der Waals surface area (Å²) in [6.07, 6.45) is 14.5. The summed E-state index contributed by atoms with van der Waals surface area (Å²) in [7, 11) is 1.95. The van der Waals surface area contributed by atoms with Gasteiger partial charge in [-0.2, -0.15) is 0 Å². The maximum atomic E-state index is 12.6. The van der Waals surface area contributed by atoms with E-state index in [2.05, 4.69) is 39.8 Å². The van der Waals surface area contributed by atoms with E-state index in [0.29, 0.717) is 22.8 Å². The molecule has 190 valence electrons. The Kier molecular flexibility index (Phi) is 5.41. The Bertz CT molecular complexity index is 1120. The highest BCUT2D eigenvalue weighted by Crippen LogP contribution is 2.70. The van der Waals surface area contributed by atoms with Crippen LogP contribution in [0.3, 0.4) is 0 Å². The van der Waals surface area contributed by atoms with Gasteiger partial charge in [-0.25, -0.2) is 0 Å². The van der Waals surface area contributed by atoms with E-state index in [-0.39, 0.29) is 33.7 Å².